The third kappa shape index (κ3) is 3.68. The van der Waals surface area contributed by atoms with Crippen LogP contribution in [-0.4, -0.2) is 25.5 Å². The Morgan fingerprint density at radius 1 is 0.964 bits per heavy atom. The minimum absolute atomic E-state index is 0.0706. The van der Waals surface area contributed by atoms with Crippen molar-refractivity contribution in [2.45, 2.75) is 20.8 Å². The van der Waals surface area contributed by atoms with Crippen molar-refractivity contribution < 1.29 is 9.53 Å². The fraction of sp³-hybridized carbons (Fsp3) is 0.143. The molecule has 1 N–H and O–H groups in total. The van der Waals surface area contributed by atoms with Gasteiger partial charge < -0.3 is 10.1 Å². The quantitative estimate of drug-likeness (QED) is 0.583. The van der Waals surface area contributed by atoms with Crippen LogP contribution in [0.25, 0.3) is 5.78 Å². The van der Waals surface area contributed by atoms with Gasteiger partial charge in [-0.2, -0.15) is 4.98 Å². The molecule has 0 spiro atoms. The Morgan fingerprint density at radius 3 is 2.50 bits per heavy atom. The minimum atomic E-state index is -0.394. The van der Waals surface area contributed by atoms with Crippen LogP contribution in [-0.2, 0) is 0 Å². The Morgan fingerprint density at radius 2 is 1.75 bits per heavy atom. The van der Waals surface area contributed by atoms with Crippen molar-refractivity contribution in [2.24, 2.45) is 0 Å². The van der Waals surface area contributed by atoms with E-state index < -0.39 is 5.91 Å². The average molecular weight is 373 g/mol. The summed E-state index contributed by atoms with van der Waals surface area (Å²) in [6.07, 6.45) is 0. The summed E-state index contributed by atoms with van der Waals surface area (Å²) in [5, 5.41) is 7.03. The van der Waals surface area contributed by atoms with Crippen LogP contribution in [0.1, 0.15) is 27.6 Å². The summed E-state index contributed by atoms with van der Waals surface area (Å²) in [5.41, 5.74) is 3.45. The molecule has 140 valence electrons. The molecule has 0 bridgehead atoms. The van der Waals surface area contributed by atoms with Crippen molar-refractivity contribution in [3.8, 4) is 11.5 Å². The maximum absolute atomic E-state index is 12.5. The van der Waals surface area contributed by atoms with Gasteiger partial charge in [-0.25, -0.2) is 9.50 Å². The Balaban J connectivity index is 1.48. The molecule has 4 rings (SSSR count). The van der Waals surface area contributed by atoms with Crippen molar-refractivity contribution in [1.29, 1.82) is 0 Å². The minimum Gasteiger partial charge on any atom is -0.457 e. The molecule has 28 heavy (non-hydrogen) atoms. The molecular formula is C21H19N5O2. The highest BCUT2D eigenvalue weighted by Crippen LogP contribution is 2.23. The summed E-state index contributed by atoms with van der Waals surface area (Å²) >= 11 is 0. The second-order valence-electron chi connectivity index (χ2n) is 6.58. The van der Waals surface area contributed by atoms with Gasteiger partial charge in [0.2, 0.25) is 5.82 Å². The van der Waals surface area contributed by atoms with E-state index >= 15 is 0 Å². The summed E-state index contributed by atoms with van der Waals surface area (Å²) in [6, 6.07) is 16.8. The number of ether oxygens (including phenoxy) is 1. The van der Waals surface area contributed by atoms with Gasteiger partial charge in [0, 0.05) is 17.1 Å². The molecule has 0 radical (unpaired) electrons. The van der Waals surface area contributed by atoms with E-state index in [4.69, 9.17) is 4.74 Å². The first-order chi connectivity index (χ1) is 13.5. The highest BCUT2D eigenvalue weighted by molar-refractivity contribution is 6.01. The first-order valence-corrected chi connectivity index (χ1v) is 8.85. The Kier molecular flexibility index (Phi) is 4.49. The summed E-state index contributed by atoms with van der Waals surface area (Å²) in [4.78, 5) is 21.0. The van der Waals surface area contributed by atoms with Crippen LogP contribution in [0.3, 0.4) is 0 Å². The predicted octanol–water partition coefficient (Wildman–Crippen LogP) is 4.09. The first kappa shape index (κ1) is 17.7. The Labute approximate surface area is 162 Å². The number of carbonyl (C=O) groups is 1. The maximum Gasteiger partial charge on any atom is 0.295 e. The molecule has 2 heterocycles. The van der Waals surface area contributed by atoms with Crippen LogP contribution < -0.4 is 10.1 Å². The van der Waals surface area contributed by atoms with Gasteiger partial charge in [-0.1, -0.05) is 12.1 Å². The number of nitrogens with zero attached hydrogens (tertiary/aromatic N) is 4. The number of fused-ring (bicyclic) bond motifs is 1. The molecule has 7 nitrogen and oxygen atoms in total. The SMILES string of the molecule is Cc1cccc(Oc2ccc(NC(=O)c3nc4nc(C)cc(C)n4n3)cc2)c1. The van der Waals surface area contributed by atoms with Gasteiger partial charge in [-0.05, 0) is 68.8 Å². The van der Waals surface area contributed by atoms with E-state index in [0.717, 1.165) is 22.7 Å². The molecule has 0 atom stereocenters. The number of aryl methyl sites for hydroxylation is 3. The van der Waals surface area contributed by atoms with Gasteiger partial charge in [0.15, 0.2) is 0 Å². The number of amides is 1. The zero-order chi connectivity index (χ0) is 19.7. The molecule has 0 fully saturated rings. The molecule has 4 aromatic rings. The van der Waals surface area contributed by atoms with Crippen molar-refractivity contribution in [3.05, 3.63) is 77.4 Å². The third-order valence-electron chi connectivity index (χ3n) is 4.16. The molecule has 0 aliphatic heterocycles. The summed E-state index contributed by atoms with van der Waals surface area (Å²) in [5.74, 6) is 1.54. The van der Waals surface area contributed by atoms with Crippen LogP contribution in [0.5, 0.6) is 11.5 Å². The lowest BCUT2D eigenvalue weighted by Gasteiger charge is -2.08. The van der Waals surface area contributed by atoms with Crippen molar-refractivity contribution in [3.63, 3.8) is 0 Å². The molecule has 0 aliphatic rings. The molecule has 0 saturated heterocycles. The van der Waals surface area contributed by atoms with E-state index in [0.29, 0.717) is 17.2 Å². The second-order valence-corrected chi connectivity index (χ2v) is 6.58. The van der Waals surface area contributed by atoms with Gasteiger partial charge in [-0.3, -0.25) is 4.79 Å². The zero-order valence-electron chi connectivity index (χ0n) is 15.8. The standard InChI is InChI=1S/C21H19N5O2/c1-13-5-4-6-18(11-13)28-17-9-7-16(8-10-17)23-20(27)19-24-21-22-14(2)12-15(3)26(21)25-19/h4-12H,1-3H3,(H,23,27). The first-order valence-electron chi connectivity index (χ1n) is 8.85. The molecule has 7 heteroatoms. The fourth-order valence-corrected chi connectivity index (χ4v) is 2.87. The van der Waals surface area contributed by atoms with Gasteiger partial charge in [-0.15, -0.1) is 5.10 Å². The fourth-order valence-electron chi connectivity index (χ4n) is 2.87. The van der Waals surface area contributed by atoms with E-state index in [1.165, 1.54) is 0 Å². The van der Waals surface area contributed by atoms with Crippen molar-refractivity contribution >= 4 is 17.4 Å². The largest absolute Gasteiger partial charge is 0.457 e. The monoisotopic (exact) mass is 373 g/mol. The number of rotatable bonds is 4. The van der Waals surface area contributed by atoms with Crippen LogP contribution in [0.2, 0.25) is 0 Å². The molecule has 0 aliphatic carbocycles. The predicted molar refractivity (Wildman–Crippen MR) is 106 cm³/mol. The lowest BCUT2D eigenvalue weighted by Crippen LogP contribution is -2.14. The highest BCUT2D eigenvalue weighted by atomic mass is 16.5. The molecule has 2 aromatic carbocycles. The van der Waals surface area contributed by atoms with Crippen LogP contribution in [0.4, 0.5) is 5.69 Å². The number of carbonyl (C=O) groups excluding carboxylic acids is 1. The number of anilines is 1. The molecule has 0 unspecified atom stereocenters. The second kappa shape index (κ2) is 7.11. The van der Waals surface area contributed by atoms with Crippen LogP contribution in [0.15, 0.2) is 54.6 Å². The summed E-state index contributed by atoms with van der Waals surface area (Å²) < 4.78 is 7.38. The van der Waals surface area contributed by atoms with Crippen LogP contribution in [0, 0.1) is 20.8 Å². The van der Waals surface area contributed by atoms with E-state index in [-0.39, 0.29) is 5.82 Å². The molecule has 1 amide bonds. The molecule has 2 aromatic heterocycles. The van der Waals surface area contributed by atoms with Gasteiger partial charge in [0.25, 0.3) is 11.7 Å². The Bertz CT molecular complexity index is 1170. The maximum atomic E-state index is 12.5. The Hall–Kier alpha value is -3.74. The zero-order valence-corrected chi connectivity index (χ0v) is 15.8. The van der Waals surface area contributed by atoms with E-state index in [1.54, 1.807) is 28.8 Å². The van der Waals surface area contributed by atoms with E-state index in [2.05, 4.69) is 20.4 Å². The highest BCUT2D eigenvalue weighted by Gasteiger charge is 2.15. The van der Waals surface area contributed by atoms with E-state index in [1.807, 2.05) is 51.1 Å². The number of benzene rings is 2. The number of hydrogen-bond acceptors (Lipinski definition) is 5. The third-order valence-corrected chi connectivity index (χ3v) is 4.16. The lowest BCUT2D eigenvalue weighted by molar-refractivity contribution is 0.101. The average Bonchev–Trinajstić information content (AvgIpc) is 3.08. The molecule has 0 saturated carbocycles. The molecular weight excluding hydrogens is 354 g/mol. The van der Waals surface area contributed by atoms with E-state index in [9.17, 15) is 4.79 Å². The summed E-state index contributed by atoms with van der Waals surface area (Å²) in [6.45, 7) is 5.78. The normalized spacial score (nSPS) is 10.8. The van der Waals surface area contributed by atoms with Gasteiger partial charge >= 0.3 is 0 Å². The number of nitrogens with one attached hydrogen (secondary N) is 1. The lowest BCUT2D eigenvalue weighted by atomic mass is 10.2. The van der Waals surface area contributed by atoms with Crippen molar-refractivity contribution in [1.82, 2.24) is 19.6 Å². The summed E-state index contributed by atoms with van der Waals surface area (Å²) in [7, 11) is 0. The van der Waals surface area contributed by atoms with Gasteiger partial charge in [0.05, 0.1) is 0 Å². The smallest absolute Gasteiger partial charge is 0.295 e. The van der Waals surface area contributed by atoms with Crippen molar-refractivity contribution in [2.75, 3.05) is 5.32 Å². The number of aromatic nitrogens is 4. The number of hydrogen-bond donors (Lipinski definition) is 1. The van der Waals surface area contributed by atoms with Crippen LogP contribution >= 0.6 is 0 Å². The van der Waals surface area contributed by atoms with Gasteiger partial charge in [0.1, 0.15) is 11.5 Å². The topological polar surface area (TPSA) is 81.4 Å².